The monoisotopic (exact) mass is 474 g/mol. The van der Waals surface area contributed by atoms with Crippen LogP contribution in [0.25, 0.3) is 27.4 Å². The number of halogens is 1. The average Bonchev–Trinajstić information content (AvgIpc) is 3.25. The molecule has 0 N–H and O–H groups in total. The predicted molar refractivity (Wildman–Crippen MR) is 133 cm³/mol. The van der Waals surface area contributed by atoms with Gasteiger partial charge in [-0.15, -0.1) is 10.2 Å². The van der Waals surface area contributed by atoms with Crippen LogP contribution in [-0.2, 0) is 5.75 Å². The quantitative estimate of drug-likeness (QED) is 0.182. The molecule has 172 valence electrons. The van der Waals surface area contributed by atoms with Gasteiger partial charge in [0.25, 0.3) is 0 Å². The first-order valence-corrected chi connectivity index (χ1v) is 11.9. The fourth-order valence-corrected chi connectivity index (χ4v) is 4.92. The molecule has 0 radical (unpaired) electrons. The molecule has 0 fully saturated rings. The van der Waals surface area contributed by atoms with Crippen LogP contribution in [0.15, 0.2) is 81.1 Å². The van der Waals surface area contributed by atoms with Crippen molar-refractivity contribution >= 4 is 33.5 Å². The van der Waals surface area contributed by atoms with Crippen molar-refractivity contribution in [3.05, 3.63) is 94.4 Å². The zero-order valence-corrected chi connectivity index (χ0v) is 19.8. The minimum Gasteiger partial charge on any atom is -0.423 e. The molecule has 5 rings (SSSR count). The molecule has 0 amide bonds. The van der Waals surface area contributed by atoms with Gasteiger partial charge in [-0.3, -0.25) is 9.47 Å². The van der Waals surface area contributed by atoms with E-state index >= 15 is 0 Å². The molecular weight excluding hydrogens is 451 g/mol. The van der Waals surface area contributed by atoms with Crippen molar-refractivity contribution < 1.29 is 8.81 Å². The maximum atomic E-state index is 13.6. The zero-order chi connectivity index (χ0) is 23.8. The van der Waals surface area contributed by atoms with Crippen LogP contribution < -0.4 is 5.63 Å². The van der Waals surface area contributed by atoms with E-state index in [1.165, 1.54) is 23.9 Å². The molecule has 0 bridgehead atoms. The first-order chi connectivity index (χ1) is 16.4. The van der Waals surface area contributed by atoms with Crippen LogP contribution in [0.2, 0.25) is 0 Å². The van der Waals surface area contributed by atoms with Gasteiger partial charge in [0.05, 0.1) is 6.04 Å². The minimum atomic E-state index is -0.389. The van der Waals surface area contributed by atoms with E-state index in [4.69, 9.17) is 4.42 Å². The molecule has 0 saturated heterocycles. The molecule has 1 atom stereocenters. The van der Waals surface area contributed by atoms with E-state index in [1.807, 2.05) is 66.9 Å². The summed E-state index contributed by atoms with van der Waals surface area (Å²) in [6.45, 7) is 2.04. The first-order valence-electron chi connectivity index (χ1n) is 10.9. The van der Waals surface area contributed by atoms with E-state index in [0.29, 0.717) is 16.5 Å². The summed E-state index contributed by atoms with van der Waals surface area (Å²) in [7, 11) is 3.95. The highest BCUT2D eigenvalue weighted by Gasteiger charge is 2.21. The third-order valence-electron chi connectivity index (χ3n) is 5.96. The molecule has 0 aliphatic heterocycles. The van der Waals surface area contributed by atoms with Crippen LogP contribution in [0, 0.1) is 5.82 Å². The number of nitrogens with zero attached hydrogens (tertiary/aromatic N) is 4. The van der Waals surface area contributed by atoms with Gasteiger partial charge in [-0.25, -0.2) is 9.18 Å². The maximum Gasteiger partial charge on any atom is 0.336 e. The molecule has 2 heterocycles. The SMILES string of the molecule is CC(c1nnc(SCc2cc(=O)oc3ccc4ccccc4c23)n1-c1ccc(F)cc1)N(C)C. The highest BCUT2D eigenvalue weighted by molar-refractivity contribution is 7.98. The van der Waals surface area contributed by atoms with Crippen molar-refractivity contribution in [1.29, 1.82) is 0 Å². The number of hydrogen-bond acceptors (Lipinski definition) is 6. The second kappa shape index (κ2) is 9.04. The fourth-order valence-electron chi connectivity index (χ4n) is 3.99. The average molecular weight is 475 g/mol. The van der Waals surface area contributed by atoms with E-state index in [1.54, 1.807) is 18.2 Å². The maximum absolute atomic E-state index is 13.6. The van der Waals surface area contributed by atoms with Crippen molar-refractivity contribution in [2.75, 3.05) is 14.1 Å². The van der Waals surface area contributed by atoms with Crippen molar-refractivity contribution in [1.82, 2.24) is 19.7 Å². The Hall–Kier alpha value is -3.49. The third-order valence-corrected chi connectivity index (χ3v) is 6.94. The molecule has 3 aromatic carbocycles. The number of thioether (sulfide) groups is 1. The van der Waals surface area contributed by atoms with Gasteiger partial charge in [-0.05, 0) is 67.7 Å². The Bertz CT molecular complexity index is 1540. The van der Waals surface area contributed by atoms with Crippen LogP contribution in [0.1, 0.15) is 24.4 Å². The highest BCUT2D eigenvalue weighted by atomic mass is 32.2. The van der Waals surface area contributed by atoms with E-state index in [-0.39, 0.29) is 17.5 Å². The van der Waals surface area contributed by atoms with Gasteiger partial charge in [-0.2, -0.15) is 0 Å². The summed E-state index contributed by atoms with van der Waals surface area (Å²) < 4.78 is 21.0. The minimum absolute atomic E-state index is 0.0135. The molecule has 5 aromatic rings. The van der Waals surface area contributed by atoms with E-state index in [9.17, 15) is 9.18 Å². The van der Waals surface area contributed by atoms with E-state index in [2.05, 4.69) is 10.2 Å². The van der Waals surface area contributed by atoms with Gasteiger partial charge >= 0.3 is 5.63 Å². The Morgan fingerprint density at radius 1 is 1.06 bits per heavy atom. The van der Waals surface area contributed by atoms with Crippen LogP contribution in [0.4, 0.5) is 4.39 Å². The van der Waals surface area contributed by atoms with E-state index in [0.717, 1.165) is 33.2 Å². The molecule has 0 saturated carbocycles. The Labute approximate surface area is 200 Å². The van der Waals surface area contributed by atoms with Crippen LogP contribution in [0.3, 0.4) is 0 Å². The Balaban J connectivity index is 1.59. The molecule has 34 heavy (non-hydrogen) atoms. The Kier molecular flexibility index (Phi) is 5.93. The summed E-state index contributed by atoms with van der Waals surface area (Å²) in [6.07, 6.45) is 0. The van der Waals surface area contributed by atoms with Gasteiger partial charge < -0.3 is 4.42 Å². The van der Waals surface area contributed by atoms with Crippen molar-refractivity contribution in [2.24, 2.45) is 0 Å². The van der Waals surface area contributed by atoms with Gasteiger partial charge in [-0.1, -0.05) is 42.1 Å². The summed E-state index contributed by atoms with van der Waals surface area (Å²) in [5.41, 5.74) is 1.81. The molecule has 6 nitrogen and oxygen atoms in total. The predicted octanol–water partition coefficient (Wildman–Crippen LogP) is 5.58. The number of aromatic nitrogens is 3. The van der Waals surface area contributed by atoms with Crippen LogP contribution in [0.5, 0.6) is 0 Å². The van der Waals surface area contributed by atoms with Gasteiger partial charge in [0, 0.05) is 22.9 Å². The largest absolute Gasteiger partial charge is 0.423 e. The van der Waals surface area contributed by atoms with Crippen molar-refractivity contribution in [2.45, 2.75) is 23.9 Å². The van der Waals surface area contributed by atoms with E-state index < -0.39 is 0 Å². The summed E-state index contributed by atoms with van der Waals surface area (Å²) in [4.78, 5) is 14.3. The molecule has 1 unspecified atom stereocenters. The number of fused-ring (bicyclic) bond motifs is 3. The standard InChI is InChI=1S/C26H23FN4O2S/c1-16(30(2)3)25-28-29-26(31(25)20-11-9-19(27)10-12-20)34-15-18-14-23(32)33-22-13-8-17-6-4-5-7-21(17)24(18)22/h4-14,16H,15H2,1-3H3. The smallest absolute Gasteiger partial charge is 0.336 e. The number of benzene rings is 3. The van der Waals surface area contributed by atoms with Crippen molar-refractivity contribution in [3.63, 3.8) is 0 Å². The number of hydrogen-bond donors (Lipinski definition) is 0. The molecule has 0 aliphatic carbocycles. The molecule has 0 spiro atoms. The molecule has 0 aliphatic rings. The van der Waals surface area contributed by atoms with Gasteiger partial charge in [0.15, 0.2) is 11.0 Å². The molecule has 8 heteroatoms. The molecule has 2 aromatic heterocycles. The summed E-state index contributed by atoms with van der Waals surface area (Å²) >= 11 is 1.48. The van der Waals surface area contributed by atoms with Gasteiger partial charge in [0.1, 0.15) is 11.4 Å². The number of rotatable bonds is 6. The first kappa shape index (κ1) is 22.3. The normalized spacial score (nSPS) is 12.6. The van der Waals surface area contributed by atoms with Gasteiger partial charge in [0.2, 0.25) is 0 Å². The topological polar surface area (TPSA) is 64.2 Å². The highest BCUT2D eigenvalue weighted by Crippen LogP contribution is 2.33. The lowest BCUT2D eigenvalue weighted by Gasteiger charge is -2.20. The third kappa shape index (κ3) is 4.10. The van der Waals surface area contributed by atoms with Crippen molar-refractivity contribution in [3.8, 4) is 5.69 Å². The Morgan fingerprint density at radius 2 is 1.82 bits per heavy atom. The zero-order valence-electron chi connectivity index (χ0n) is 19.0. The Morgan fingerprint density at radius 3 is 2.59 bits per heavy atom. The lowest BCUT2D eigenvalue weighted by Crippen LogP contribution is -2.20. The summed E-state index contributed by atoms with van der Waals surface area (Å²) in [6, 6.07) is 19.6. The van der Waals surface area contributed by atoms with Crippen LogP contribution >= 0.6 is 11.8 Å². The molecular formula is C26H23FN4O2S. The summed E-state index contributed by atoms with van der Waals surface area (Å²) in [5.74, 6) is 0.941. The lowest BCUT2D eigenvalue weighted by atomic mass is 10.0. The summed E-state index contributed by atoms with van der Waals surface area (Å²) in [5, 5.41) is 12.6. The van der Waals surface area contributed by atoms with Crippen LogP contribution in [-0.4, -0.2) is 33.8 Å². The fraction of sp³-hybridized carbons (Fsp3) is 0.192. The second-order valence-electron chi connectivity index (χ2n) is 8.33. The second-order valence-corrected chi connectivity index (χ2v) is 9.27. The lowest BCUT2D eigenvalue weighted by molar-refractivity contribution is 0.305.